The zero-order valence-corrected chi connectivity index (χ0v) is 13.9. The van der Waals surface area contributed by atoms with E-state index in [0.717, 1.165) is 25.7 Å². The van der Waals surface area contributed by atoms with E-state index in [1.165, 1.54) is 13.2 Å². The molecule has 0 bridgehead atoms. The summed E-state index contributed by atoms with van der Waals surface area (Å²) in [6, 6.07) is 0. The third-order valence-corrected chi connectivity index (χ3v) is 3.44. The van der Waals surface area contributed by atoms with Gasteiger partial charge in [0.25, 0.3) is 0 Å². The van der Waals surface area contributed by atoms with Gasteiger partial charge in [-0.05, 0) is 25.8 Å². The monoisotopic (exact) mass is 341 g/mol. The Balaban J connectivity index is 2.54. The van der Waals surface area contributed by atoms with Gasteiger partial charge in [-0.1, -0.05) is 12.8 Å². The molecule has 0 aromatic heterocycles. The van der Waals surface area contributed by atoms with Gasteiger partial charge in [0.15, 0.2) is 11.5 Å². The van der Waals surface area contributed by atoms with Gasteiger partial charge in [0.1, 0.15) is 12.3 Å². The minimum Gasteiger partial charge on any atom is -0.493 e. The van der Waals surface area contributed by atoms with Gasteiger partial charge in [0.2, 0.25) is 6.79 Å². The minimum absolute atomic E-state index is 0.101. The lowest BCUT2D eigenvalue weighted by atomic mass is 10.3. The van der Waals surface area contributed by atoms with Crippen LogP contribution in [0, 0.1) is 5.53 Å². The molecule has 0 saturated heterocycles. The number of carbonyl (C=O) groups excluding carboxylic acids is 2. The highest BCUT2D eigenvalue weighted by Gasteiger charge is 2.19. The zero-order valence-electron chi connectivity index (χ0n) is 13.9. The summed E-state index contributed by atoms with van der Waals surface area (Å²) in [6.45, 7) is 0.998. The molecule has 0 aromatic carbocycles. The Hall–Kier alpha value is -2.42. The molecule has 0 unspecified atom stereocenters. The van der Waals surface area contributed by atoms with Gasteiger partial charge < -0.3 is 24.7 Å². The van der Waals surface area contributed by atoms with E-state index < -0.39 is 24.4 Å². The van der Waals surface area contributed by atoms with E-state index in [1.54, 1.807) is 6.92 Å². The average Bonchev–Trinajstić information content (AvgIpc) is 3.11. The quantitative estimate of drug-likeness (QED) is 0.163. The summed E-state index contributed by atoms with van der Waals surface area (Å²) in [6.07, 6.45) is 5.71. The van der Waals surface area contributed by atoms with Crippen LogP contribution in [0.2, 0.25) is 0 Å². The van der Waals surface area contributed by atoms with E-state index in [4.69, 9.17) is 30.2 Å². The molecule has 1 amide bonds. The van der Waals surface area contributed by atoms with Crippen molar-refractivity contribution in [2.45, 2.75) is 38.7 Å². The number of hydrogen-bond acceptors (Lipinski definition) is 8. The molecule has 0 atom stereocenters. The maximum atomic E-state index is 11.6. The lowest BCUT2D eigenvalue weighted by molar-refractivity contribution is -0.160. The first-order valence-electron chi connectivity index (χ1n) is 7.55. The number of amides is 1. The smallest absolute Gasteiger partial charge is 0.334 e. The zero-order chi connectivity index (χ0) is 17.9. The molecule has 0 aromatic rings. The van der Waals surface area contributed by atoms with E-state index in [-0.39, 0.29) is 24.2 Å². The van der Waals surface area contributed by atoms with E-state index in [2.05, 4.69) is 5.11 Å². The largest absolute Gasteiger partial charge is 0.493 e. The molecule has 1 aliphatic rings. The molecule has 9 heteroatoms. The number of ether oxygens (including phenoxy) is 4. The second-order valence-corrected chi connectivity index (χ2v) is 5.01. The molecule has 1 saturated carbocycles. The molecular formula is C15H23N3O6. The Morgan fingerprint density at radius 2 is 1.96 bits per heavy atom. The molecule has 0 aliphatic heterocycles. The van der Waals surface area contributed by atoms with Crippen molar-refractivity contribution in [2.24, 2.45) is 10.8 Å². The maximum absolute atomic E-state index is 11.6. The third-order valence-electron chi connectivity index (χ3n) is 3.44. The first-order valence-corrected chi connectivity index (χ1v) is 7.55. The van der Waals surface area contributed by atoms with Crippen LogP contribution in [0.3, 0.4) is 0 Å². The summed E-state index contributed by atoms with van der Waals surface area (Å²) < 4.78 is 20.5. The molecule has 1 fully saturated rings. The first kappa shape index (κ1) is 19.6. The number of nitrogens with two attached hydrogens (primary N) is 1. The number of carbonyl (C=O) groups is 2. The minimum atomic E-state index is -0.989. The van der Waals surface area contributed by atoms with Crippen LogP contribution in [-0.2, 0) is 28.5 Å². The number of allylic oxidation sites excluding steroid dienone is 1. The van der Waals surface area contributed by atoms with Crippen LogP contribution in [0.5, 0.6) is 0 Å². The second-order valence-electron chi connectivity index (χ2n) is 5.01. The van der Waals surface area contributed by atoms with Gasteiger partial charge in [0, 0.05) is 0 Å². The predicted octanol–water partition coefficient (Wildman–Crippen LogP) is 1.74. The highest BCUT2D eigenvalue weighted by Crippen LogP contribution is 2.20. The van der Waals surface area contributed by atoms with Crippen molar-refractivity contribution in [2.75, 3.05) is 20.5 Å². The predicted molar refractivity (Wildman–Crippen MR) is 82.4 cm³/mol. The van der Waals surface area contributed by atoms with Crippen LogP contribution in [0.1, 0.15) is 32.6 Å². The number of nitrogens with one attached hydrogen (secondary N) is 1. The summed E-state index contributed by atoms with van der Waals surface area (Å²) in [5.41, 5.74) is 11.9. The van der Waals surface area contributed by atoms with Crippen molar-refractivity contribution >= 4 is 11.9 Å². The summed E-state index contributed by atoms with van der Waals surface area (Å²) in [7, 11) is 1.36. The lowest BCUT2D eigenvalue weighted by Crippen LogP contribution is -2.21. The molecule has 134 valence electrons. The van der Waals surface area contributed by atoms with Gasteiger partial charge in [-0.25, -0.2) is 10.3 Å². The van der Waals surface area contributed by atoms with Crippen LogP contribution in [0.25, 0.3) is 0 Å². The fraction of sp³-hybridized carbons (Fsp3) is 0.600. The van der Waals surface area contributed by atoms with Crippen LogP contribution in [-0.4, -0.2) is 38.5 Å². The van der Waals surface area contributed by atoms with Crippen LogP contribution < -0.4 is 5.73 Å². The normalized spacial score (nSPS) is 16.3. The van der Waals surface area contributed by atoms with Crippen molar-refractivity contribution < 1.29 is 28.5 Å². The number of rotatable bonds is 9. The van der Waals surface area contributed by atoms with E-state index in [1.807, 2.05) is 0 Å². The molecule has 1 aliphatic carbocycles. The van der Waals surface area contributed by atoms with Gasteiger partial charge in [-0.3, -0.25) is 4.79 Å². The molecule has 9 nitrogen and oxygen atoms in total. The molecular weight excluding hydrogens is 318 g/mol. The Kier molecular flexibility index (Phi) is 8.48. The van der Waals surface area contributed by atoms with Crippen molar-refractivity contribution in [1.29, 1.82) is 5.53 Å². The number of hydrogen-bond donors (Lipinski definition) is 2. The fourth-order valence-corrected chi connectivity index (χ4v) is 2.22. The highest BCUT2D eigenvalue weighted by atomic mass is 16.7. The fourth-order valence-electron chi connectivity index (χ4n) is 2.22. The van der Waals surface area contributed by atoms with Gasteiger partial charge in [-0.2, -0.15) is 0 Å². The van der Waals surface area contributed by atoms with Crippen molar-refractivity contribution in [1.82, 2.24) is 0 Å². The molecule has 3 N–H and O–H groups in total. The van der Waals surface area contributed by atoms with Crippen LogP contribution in [0.15, 0.2) is 28.4 Å². The molecule has 1 rings (SSSR count). The lowest BCUT2D eigenvalue weighted by Gasteiger charge is -2.15. The van der Waals surface area contributed by atoms with Crippen molar-refractivity contribution in [3.05, 3.63) is 23.3 Å². The van der Waals surface area contributed by atoms with Crippen LogP contribution >= 0.6 is 0 Å². The van der Waals surface area contributed by atoms with Gasteiger partial charge in [0.05, 0.1) is 13.2 Å². The Morgan fingerprint density at radius 3 is 2.50 bits per heavy atom. The summed E-state index contributed by atoms with van der Waals surface area (Å²) >= 11 is 0. The summed E-state index contributed by atoms with van der Waals surface area (Å²) in [4.78, 5) is 23.0. The topological polar surface area (TPSA) is 133 Å². The van der Waals surface area contributed by atoms with E-state index in [9.17, 15) is 9.59 Å². The third kappa shape index (κ3) is 5.99. The van der Waals surface area contributed by atoms with Crippen molar-refractivity contribution in [3.63, 3.8) is 0 Å². The molecule has 24 heavy (non-hydrogen) atoms. The molecule has 0 radical (unpaired) electrons. The maximum Gasteiger partial charge on any atom is 0.334 e. The number of nitrogens with zero attached hydrogens (tertiary/aromatic N) is 1. The van der Waals surface area contributed by atoms with Crippen molar-refractivity contribution in [3.8, 4) is 0 Å². The average molecular weight is 341 g/mol. The summed E-state index contributed by atoms with van der Waals surface area (Å²) in [5, 5.41) is 2.71. The Labute approximate surface area is 140 Å². The van der Waals surface area contributed by atoms with Gasteiger partial charge >= 0.3 is 11.9 Å². The SMILES string of the molecule is C/C=C(OC)\C(OCOC(=O)COC1CCCC1)=C(/N)C(=O)N=N. The van der Waals surface area contributed by atoms with Crippen LogP contribution in [0.4, 0.5) is 0 Å². The molecule has 0 heterocycles. The summed E-state index contributed by atoms with van der Waals surface area (Å²) in [5.74, 6) is -1.57. The number of esters is 1. The first-order chi connectivity index (χ1) is 11.5. The van der Waals surface area contributed by atoms with E-state index >= 15 is 0 Å². The van der Waals surface area contributed by atoms with E-state index in [0.29, 0.717) is 0 Å². The second kappa shape index (κ2) is 10.4. The highest BCUT2D eigenvalue weighted by molar-refractivity contribution is 5.93. The molecule has 0 spiro atoms. The number of methoxy groups -OCH3 is 1. The Morgan fingerprint density at radius 1 is 1.29 bits per heavy atom. The van der Waals surface area contributed by atoms with Gasteiger partial charge in [-0.15, -0.1) is 5.11 Å². The standard InChI is InChI=1S/C15H23N3O6/c1-3-11(21-2)14(13(16)15(20)18-17)24-9-23-12(19)8-22-10-6-4-5-7-10/h3,10,17H,4-9,16H2,1-2H3/b11-3+,14-13+,18-17?. The Bertz CT molecular complexity index is 523.